The lowest BCUT2D eigenvalue weighted by molar-refractivity contribution is 0.615. The van der Waals surface area contributed by atoms with Gasteiger partial charge in [0.2, 0.25) is 0 Å². The second-order valence-corrected chi connectivity index (χ2v) is 17.1. The van der Waals surface area contributed by atoms with E-state index in [1.807, 2.05) is 23.7 Å². The van der Waals surface area contributed by atoms with Crippen molar-refractivity contribution in [1.82, 2.24) is 0 Å². The van der Waals surface area contributed by atoms with Crippen molar-refractivity contribution in [1.29, 1.82) is 0 Å². The molecule has 0 fully saturated rings. The molecular formula is C60H39NOS. The monoisotopic (exact) mass is 821 g/mol. The molecule has 12 rings (SSSR count). The fraction of sp³-hybridized carbons (Fsp3) is 0. The Bertz CT molecular complexity index is 3760. The third kappa shape index (κ3) is 6.24. The topological polar surface area (TPSA) is 16.4 Å². The number of hydrogen-bond acceptors (Lipinski definition) is 3. The van der Waals surface area contributed by atoms with E-state index in [-0.39, 0.29) is 0 Å². The molecule has 0 radical (unpaired) electrons. The van der Waals surface area contributed by atoms with Crippen molar-refractivity contribution in [2.24, 2.45) is 0 Å². The van der Waals surface area contributed by atoms with E-state index < -0.39 is 0 Å². The number of thiophene rings is 1. The molecule has 2 aromatic heterocycles. The lowest BCUT2D eigenvalue weighted by Gasteiger charge is -2.29. The first-order chi connectivity index (χ1) is 31.2. The van der Waals surface area contributed by atoms with Gasteiger partial charge in [0.1, 0.15) is 5.58 Å². The maximum atomic E-state index is 6.31. The van der Waals surface area contributed by atoms with Crippen molar-refractivity contribution in [2.45, 2.75) is 0 Å². The van der Waals surface area contributed by atoms with Crippen LogP contribution in [0.5, 0.6) is 0 Å². The Morgan fingerprint density at radius 1 is 0.460 bits per heavy atom. The van der Waals surface area contributed by atoms with Crippen LogP contribution in [-0.4, -0.2) is 0 Å². The molecule has 0 N–H and O–H groups in total. The van der Waals surface area contributed by atoms with Crippen LogP contribution in [0.3, 0.4) is 0 Å². The van der Waals surface area contributed by atoms with Gasteiger partial charge in [-0.3, -0.25) is 0 Å². The fourth-order valence-electron chi connectivity index (χ4n) is 9.54. The number of para-hydroxylation sites is 1. The number of nitrogens with zero attached hydrogens (tertiary/aromatic N) is 1. The smallest absolute Gasteiger partial charge is 0.135 e. The zero-order chi connectivity index (χ0) is 41.9. The molecule has 0 saturated heterocycles. The second kappa shape index (κ2) is 15.2. The van der Waals surface area contributed by atoms with E-state index in [2.05, 4.69) is 224 Å². The number of furan rings is 1. The lowest BCUT2D eigenvalue weighted by Crippen LogP contribution is -2.12. The Morgan fingerprint density at radius 2 is 1.06 bits per heavy atom. The minimum atomic E-state index is 0.856. The molecule has 0 spiro atoms. The van der Waals surface area contributed by atoms with Crippen LogP contribution in [0.15, 0.2) is 236 Å². The Kier molecular flexibility index (Phi) is 8.88. The van der Waals surface area contributed by atoms with E-state index in [9.17, 15) is 0 Å². The summed E-state index contributed by atoms with van der Waals surface area (Å²) in [4.78, 5) is 2.38. The Labute approximate surface area is 369 Å². The molecule has 2 nitrogen and oxygen atoms in total. The normalized spacial score (nSPS) is 12.0. The summed E-state index contributed by atoms with van der Waals surface area (Å²) >= 11 is 1.87. The van der Waals surface area contributed by atoms with E-state index in [1.165, 1.54) is 69.4 Å². The molecular weight excluding hydrogens is 783 g/mol. The van der Waals surface area contributed by atoms with Gasteiger partial charge in [0, 0.05) is 48.1 Å². The van der Waals surface area contributed by atoms with Gasteiger partial charge >= 0.3 is 0 Å². The van der Waals surface area contributed by atoms with E-state index in [0.717, 1.165) is 50.1 Å². The second-order valence-electron chi connectivity index (χ2n) is 16.1. The van der Waals surface area contributed by atoms with Gasteiger partial charge in [-0.05, 0) is 115 Å². The highest BCUT2D eigenvalue weighted by Gasteiger charge is 2.22. The predicted molar refractivity (Wildman–Crippen MR) is 271 cm³/mol. The van der Waals surface area contributed by atoms with Crippen LogP contribution in [0.4, 0.5) is 17.1 Å². The standard InChI is InChI=1S/C60H39NOS/c1-2-14-48(56-38-62-58-37-42-16-4-3-15-41(42)35-55(56)58)51-21-9-11-25-57(51)61(44-31-27-39(28-32-44)47-23-13-24-53-52-22-10-12-26-59(52)63-60(47)53)45-33-29-40(30-34-45)54-36-43-17-5-6-18-46(43)49-19-7-8-20-50(49)54/h2-38H,1H2/b48-14-. The van der Waals surface area contributed by atoms with Crippen LogP contribution in [0.25, 0.3) is 91.3 Å². The third-order valence-corrected chi connectivity index (χ3v) is 13.7. The van der Waals surface area contributed by atoms with Gasteiger partial charge in [0.05, 0.1) is 12.0 Å². The molecule has 63 heavy (non-hydrogen) atoms. The fourth-order valence-corrected chi connectivity index (χ4v) is 10.8. The van der Waals surface area contributed by atoms with Crippen molar-refractivity contribution in [3.63, 3.8) is 0 Å². The molecule has 0 bridgehead atoms. The predicted octanol–water partition coefficient (Wildman–Crippen LogP) is 17.7. The summed E-state index contributed by atoms with van der Waals surface area (Å²) in [5.74, 6) is 0. The molecule has 0 amide bonds. The van der Waals surface area contributed by atoms with Crippen LogP contribution >= 0.6 is 11.3 Å². The molecule has 3 heteroatoms. The molecule has 0 atom stereocenters. The third-order valence-electron chi connectivity index (χ3n) is 12.5. The first-order valence-corrected chi connectivity index (χ1v) is 22.2. The average Bonchev–Trinajstić information content (AvgIpc) is 3.94. The van der Waals surface area contributed by atoms with E-state index >= 15 is 0 Å². The van der Waals surface area contributed by atoms with Crippen molar-refractivity contribution >= 4 is 97.4 Å². The molecule has 2 heterocycles. The van der Waals surface area contributed by atoms with Crippen LogP contribution in [0.1, 0.15) is 11.1 Å². The molecule has 0 aliphatic carbocycles. The summed E-state index contributed by atoms with van der Waals surface area (Å²) in [6.45, 7) is 4.19. The maximum Gasteiger partial charge on any atom is 0.135 e. The summed E-state index contributed by atoms with van der Waals surface area (Å²) in [7, 11) is 0. The van der Waals surface area contributed by atoms with Crippen molar-refractivity contribution in [3.8, 4) is 22.3 Å². The van der Waals surface area contributed by atoms with Gasteiger partial charge in [0.25, 0.3) is 0 Å². The molecule has 0 saturated carbocycles. The highest BCUT2D eigenvalue weighted by molar-refractivity contribution is 7.26. The van der Waals surface area contributed by atoms with Crippen molar-refractivity contribution < 1.29 is 4.42 Å². The largest absolute Gasteiger partial charge is 0.464 e. The number of anilines is 3. The first-order valence-electron chi connectivity index (χ1n) is 21.3. The first kappa shape index (κ1) is 36.8. The van der Waals surface area contributed by atoms with E-state index in [4.69, 9.17) is 4.42 Å². The highest BCUT2D eigenvalue weighted by atomic mass is 32.1. The van der Waals surface area contributed by atoms with E-state index in [0.29, 0.717) is 0 Å². The zero-order valence-corrected chi connectivity index (χ0v) is 35.1. The SMILES string of the molecule is C=C/C=C(/c1ccccc1N(c1ccc(-c2cc3ccccc3c3ccccc23)cc1)c1ccc(-c2cccc3c2sc2ccccc23)cc1)c1coc2cc3ccccc3cc12. The molecule has 10 aromatic carbocycles. The molecule has 0 unspecified atom stereocenters. The number of rotatable bonds is 8. The van der Waals surface area contributed by atoms with Gasteiger partial charge < -0.3 is 9.32 Å². The zero-order valence-electron chi connectivity index (χ0n) is 34.3. The number of benzene rings is 10. The van der Waals surface area contributed by atoms with Crippen LogP contribution in [0.2, 0.25) is 0 Å². The van der Waals surface area contributed by atoms with Gasteiger partial charge in [-0.1, -0.05) is 170 Å². The van der Waals surface area contributed by atoms with Gasteiger partial charge in [-0.25, -0.2) is 0 Å². The molecule has 0 aliphatic rings. The minimum Gasteiger partial charge on any atom is -0.464 e. The number of allylic oxidation sites excluding steroid dienone is 2. The van der Waals surface area contributed by atoms with Crippen molar-refractivity contribution in [2.75, 3.05) is 4.90 Å². The highest BCUT2D eigenvalue weighted by Crippen LogP contribution is 2.45. The van der Waals surface area contributed by atoms with Crippen LogP contribution < -0.4 is 4.90 Å². The lowest BCUT2D eigenvalue weighted by atomic mass is 9.92. The number of hydrogen-bond donors (Lipinski definition) is 0. The van der Waals surface area contributed by atoms with Crippen LogP contribution in [0, 0.1) is 0 Å². The maximum absolute atomic E-state index is 6.31. The summed E-state index contributed by atoms with van der Waals surface area (Å²) in [6, 6.07) is 74.8. The van der Waals surface area contributed by atoms with E-state index in [1.54, 1.807) is 0 Å². The summed E-state index contributed by atoms with van der Waals surface area (Å²) in [5, 5.41) is 11.0. The number of fused-ring (bicyclic) bond motifs is 8. The molecule has 12 aromatic rings. The summed E-state index contributed by atoms with van der Waals surface area (Å²) in [6.07, 6.45) is 5.88. The summed E-state index contributed by atoms with van der Waals surface area (Å²) in [5.41, 5.74) is 12.0. The Balaban J connectivity index is 1.02. The molecule has 296 valence electrons. The summed E-state index contributed by atoms with van der Waals surface area (Å²) < 4.78 is 8.92. The molecule has 0 aliphatic heterocycles. The minimum absolute atomic E-state index is 0.856. The quantitative estimate of drug-likeness (QED) is 0.112. The van der Waals surface area contributed by atoms with Crippen molar-refractivity contribution in [3.05, 3.63) is 242 Å². The average molecular weight is 822 g/mol. The Hall–Kier alpha value is -7.98. The van der Waals surface area contributed by atoms with Gasteiger partial charge in [0.15, 0.2) is 0 Å². The van der Waals surface area contributed by atoms with Gasteiger partial charge in [-0.15, -0.1) is 11.3 Å². The van der Waals surface area contributed by atoms with Crippen LogP contribution in [-0.2, 0) is 0 Å². The van der Waals surface area contributed by atoms with Gasteiger partial charge in [-0.2, -0.15) is 0 Å². The Morgan fingerprint density at radius 3 is 1.83 bits per heavy atom.